The first-order valence-electron chi connectivity index (χ1n) is 6.64. The molecule has 2 rings (SSSR count). The molecule has 1 aromatic carbocycles. The Morgan fingerprint density at radius 3 is 2.71 bits per heavy atom. The lowest BCUT2D eigenvalue weighted by Crippen LogP contribution is -2.33. The molecule has 1 aromatic rings. The molecule has 6 nitrogen and oxygen atoms in total. The molecule has 8 heteroatoms. The number of hydrogen-bond acceptors (Lipinski definition) is 5. The molecule has 1 fully saturated rings. The summed E-state index contributed by atoms with van der Waals surface area (Å²) in [5.74, 6) is -0.345. The largest absolute Gasteiger partial charge is 0.398 e. The Kier molecular flexibility index (Phi) is 5.13. The number of carbonyl (C=O) groups excluding carboxylic acids is 1. The predicted octanol–water partition coefficient (Wildman–Crippen LogP) is 0.498. The van der Waals surface area contributed by atoms with Gasteiger partial charge in [-0.2, -0.15) is 0 Å². The lowest BCUT2D eigenvalue weighted by atomic mass is 10.1. The Balaban J connectivity index is 1.88. The lowest BCUT2D eigenvalue weighted by Gasteiger charge is -2.16. The molecule has 1 aliphatic heterocycles. The summed E-state index contributed by atoms with van der Waals surface area (Å²) in [5.41, 5.74) is 11.7. The molecule has 1 aliphatic rings. The van der Waals surface area contributed by atoms with Gasteiger partial charge in [-0.3, -0.25) is 4.79 Å². The molecule has 0 radical (unpaired) electrons. The number of nitrogens with two attached hydrogens (primary N) is 2. The molecule has 21 heavy (non-hydrogen) atoms. The normalized spacial score (nSPS) is 19.7. The molecule has 0 saturated carbocycles. The molecule has 1 atom stereocenters. The van der Waals surface area contributed by atoms with Crippen LogP contribution >= 0.6 is 11.8 Å². The van der Waals surface area contributed by atoms with Crippen molar-refractivity contribution in [2.24, 2.45) is 11.7 Å². The highest BCUT2D eigenvalue weighted by Crippen LogP contribution is 2.25. The van der Waals surface area contributed by atoms with Crippen LogP contribution in [0, 0.1) is 5.92 Å². The van der Waals surface area contributed by atoms with E-state index in [0.717, 1.165) is 4.90 Å². The fraction of sp³-hybridized carbons (Fsp3) is 0.462. The van der Waals surface area contributed by atoms with Crippen LogP contribution < -0.4 is 11.5 Å². The first kappa shape index (κ1) is 16.1. The number of para-hydroxylation sites is 1. The number of carbonyl (C=O) groups is 1. The molecule has 0 spiro atoms. The van der Waals surface area contributed by atoms with Crippen LogP contribution in [0.3, 0.4) is 0 Å². The second-order valence-corrected chi connectivity index (χ2v) is 8.17. The maximum absolute atomic E-state index is 12.2. The van der Waals surface area contributed by atoms with Crippen molar-refractivity contribution in [2.45, 2.75) is 11.3 Å². The van der Waals surface area contributed by atoms with Crippen LogP contribution in [0.5, 0.6) is 0 Å². The minimum atomic E-state index is -3.35. The van der Waals surface area contributed by atoms with Crippen molar-refractivity contribution in [3.63, 3.8) is 0 Å². The third-order valence-corrected chi connectivity index (χ3v) is 6.65. The summed E-state index contributed by atoms with van der Waals surface area (Å²) in [6.45, 7) is 0.573. The van der Waals surface area contributed by atoms with Crippen LogP contribution in [0.2, 0.25) is 0 Å². The third kappa shape index (κ3) is 4.12. The van der Waals surface area contributed by atoms with E-state index >= 15 is 0 Å². The number of nitrogens with zero attached hydrogens (tertiary/aromatic N) is 1. The van der Waals surface area contributed by atoms with E-state index in [4.69, 9.17) is 11.5 Å². The van der Waals surface area contributed by atoms with Gasteiger partial charge in [0.15, 0.2) is 0 Å². The Hall–Kier alpha value is -1.25. The van der Waals surface area contributed by atoms with Gasteiger partial charge >= 0.3 is 0 Å². The Labute approximate surface area is 128 Å². The van der Waals surface area contributed by atoms with E-state index in [2.05, 4.69) is 0 Å². The molecular formula is C13H19N3O3S2. The third-order valence-electron chi connectivity index (χ3n) is 3.46. The summed E-state index contributed by atoms with van der Waals surface area (Å²) in [4.78, 5) is 12.0. The van der Waals surface area contributed by atoms with Crippen LogP contribution in [0.15, 0.2) is 29.2 Å². The van der Waals surface area contributed by atoms with E-state index in [1.54, 1.807) is 6.07 Å². The standard InChI is InChI=1S/C13H19N3O3S2/c14-11-3-1-2-4-12(11)20-7-8-21(18,19)16-6-5-10(9-16)13(15)17/h1-4,10H,5-9,14H2,(H2,15,17). The fourth-order valence-electron chi connectivity index (χ4n) is 2.21. The van der Waals surface area contributed by atoms with Crippen molar-refractivity contribution >= 4 is 33.4 Å². The second kappa shape index (κ2) is 6.67. The molecule has 1 unspecified atom stereocenters. The van der Waals surface area contributed by atoms with Crippen molar-refractivity contribution in [1.82, 2.24) is 4.31 Å². The van der Waals surface area contributed by atoms with Gasteiger partial charge in [-0.25, -0.2) is 12.7 Å². The fourth-order valence-corrected chi connectivity index (χ4v) is 5.07. The van der Waals surface area contributed by atoms with Gasteiger partial charge in [0.05, 0.1) is 11.7 Å². The molecule has 4 N–H and O–H groups in total. The van der Waals surface area contributed by atoms with E-state index in [1.807, 2.05) is 18.2 Å². The summed E-state index contributed by atoms with van der Waals surface area (Å²) in [5, 5.41) is 0. The Morgan fingerprint density at radius 2 is 2.10 bits per heavy atom. The number of anilines is 1. The van der Waals surface area contributed by atoms with Crippen LogP contribution in [0.25, 0.3) is 0 Å². The maximum Gasteiger partial charge on any atom is 0.221 e. The quantitative estimate of drug-likeness (QED) is 0.584. The molecule has 1 heterocycles. The van der Waals surface area contributed by atoms with Crippen molar-refractivity contribution in [1.29, 1.82) is 0 Å². The van der Waals surface area contributed by atoms with Crippen LogP contribution in [0.4, 0.5) is 5.69 Å². The van der Waals surface area contributed by atoms with Crippen molar-refractivity contribution in [3.8, 4) is 0 Å². The molecule has 116 valence electrons. The van der Waals surface area contributed by atoms with E-state index in [9.17, 15) is 13.2 Å². The number of nitrogen functional groups attached to an aromatic ring is 1. The van der Waals surface area contributed by atoms with Crippen molar-refractivity contribution < 1.29 is 13.2 Å². The molecule has 1 saturated heterocycles. The average Bonchev–Trinajstić information content (AvgIpc) is 2.91. The van der Waals surface area contributed by atoms with Crippen LogP contribution in [0.1, 0.15) is 6.42 Å². The minimum Gasteiger partial charge on any atom is -0.398 e. The van der Waals surface area contributed by atoms with Gasteiger partial charge in [0.2, 0.25) is 15.9 Å². The molecular weight excluding hydrogens is 310 g/mol. The van der Waals surface area contributed by atoms with Crippen molar-refractivity contribution in [2.75, 3.05) is 30.3 Å². The maximum atomic E-state index is 12.2. The second-order valence-electron chi connectivity index (χ2n) is 4.95. The summed E-state index contributed by atoms with van der Waals surface area (Å²) in [6.07, 6.45) is 0.507. The molecule has 0 aromatic heterocycles. The zero-order valence-electron chi connectivity index (χ0n) is 11.6. The number of hydrogen-bond donors (Lipinski definition) is 2. The number of sulfonamides is 1. The Bertz CT molecular complexity index is 619. The monoisotopic (exact) mass is 329 g/mol. The predicted molar refractivity (Wildman–Crippen MR) is 84.2 cm³/mol. The topological polar surface area (TPSA) is 106 Å². The van der Waals surface area contributed by atoms with Gasteiger partial charge < -0.3 is 11.5 Å². The number of rotatable bonds is 6. The first-order valence-corrected chi connectivity index (χ1v) is 9.24. The number of thioether (sulfide) groups is 1. The van der Waals surface area contributed by atoms with Gasteiger partial charge in [0.1, 0.15) is 0 Å². The summed E-state index contributed by atoms with van der Waals surface area (Å²) >= 11 is 1.42. The lowest BCUT2D eigenvalue weighted by molar-refractivity contribution is -0.121. The smallest absolute Gasteiger partial charge is 0.221 e. The van der Waals surface area contributed by atoms with Gasteiger partial charge in [0.25, 0.3) is 0 Å². The van der Waals surface area contributed by atoms with E-state index in [1.165, 1.54) is 16.1 Å². The van der Waals surface area contributed by atoms with Crippen LogP contribution in [-0.2, 0) is 14.8 Å². The highest BCUT2D eigenvalue weighted by Gasteiger charge is 2.33. The Morgan fingerprint density at radius 1 is 1.38 bits per heavy atom. The number of amides is 1. The number of benzene rings is 1. The highest BCUT2D eigenvalue weighted by molar-refractivity contribution is 8.00. The van der Waals surface area contributed by atoms with E-state index < -0.39 is 15.9 Å². The summed E-state index contributed by atoms with van der Waals surface area (Å²) < 4.78 is 25.8. The van der Waals surface area contributed by atoms with E-state index in [-0.39, 0.29) is 18.2 Å². The van der Waals surface area contributed by atoms with Gasteiger partial charge in [-0.1, -0.05) is 12.1 Å². The van der Waals surface area contributed by atoms with Crippen LogP contribution in [-0.4, -0.2) is 43.2 Å². The van der Waals surface area contributed by atoms with Gasteiger partial charge in [-0.15, -0.1) is 11.8 Å². The van der Waals surface area contributed by atoms with E-state index in [0.29, 0.717) is 24.4 Å². The SMILES string of the molecule is NC(=O)C1CCN(S(=O)(=O)CCSc2ccccc2N)C1. The minimum absolute atomic E-state index is 0.0253. The molecule has 0 bridgehead atoms. The zero-order chi connectivity index (χ0) is 15.5. The highest BCUT2D eigenvalue weighted by atomic mass is 32.2. The van der Waals surface area contributed by atoms with Gasteiger partial charge in [-0.05, 0) is 18.6 Å². The molecule has 1 amide bonds. The first-order chi connectivity index (χ1) is 9.90. The van der Waals surface area contributed by atoms with Gasteiger partial charge in [0, 0.05) is 29.4 Å². The average molecular weight is 329 g/mol. The summed E-state index contributed by atoms with van der Waals surface area (Å²) in [6, 6.07) is 7.36. The van der Waals surface area contributed by atoms with Crippen molar-refractivity contribution in [3.05, 3.63) is 24.3 Å². The molecule has 0 aliphatic carbocycles. The summed E-state index contributed by atoms with van der Waals surface area (Å²) in [7, 11) is -3.35. The number of primary amides is 1. The zero-order valence-corrected chi connectivity index (χ0v) is 13.2.